The number of nitrogens with zero attached hydrogens (tertiary/aromatic N) is 1. The number of hydrogen-bond acceptors (Lipinski definition) is 4. The maximum absolute atomic E-state index is 13.3. The van der Waals surface area contributed by atoms with Crippen LogP contribution in [0.4, 0.5) is 0 Å². The number of halogens is 1. The van der Waals surface area contributed by atoms with Crippen molar-refractivity contribution in [2.45, 2.75) is 26.2 Å². The first-order valence-corrected chi connectivity index (χ1v) is 10.8. The number of esters is 1. The molecule has 0 saturated heterocycles. The lowest BCUT2D eigenvalue weighted by molar-refractivity contribution is -0.144. The number of fused-ring (bicyclic) bond motifs is 1. The quantitative estimate of drug-likeness (QED) is 0.348. The third-order valence-electron chi connectivity index (χ3n) is 5.45. The maximum Gasteiger partial charge on any atom is 0.310 e. The molecular weight excluding hydrogens is 438 g/mol. The lowest BCUT2D eigenvalue weighted by Crippen LogP contribution is -2.17. The van der Waals surface area contributed by atoms with Crippen LogP contribution in [0.25, 0.3) is 10.9 Å². The minimum absolute atomic E-state index is 0.00474. The summed E-state index contributed by atoms with van der Waals surface area (Å²) >= 11 is 5.97. The van der Waals surface area contributed by atoms with Gasteiger partial charge in [0.15, 0.2) is 0 Å². The van der Waals surface area contributed by atoms with Crippen molar-refractivity contribution in [1.29, 1.82) is 0 Å². The normalized spacial score (nSPS) is 10.6. The molecule has 0 bridgehead atoms. The van der Waals surface area contributed by atoms with Crippen LogP contribution in [0.15, 0.2) is 42.5 Å². The van der Waals surface area contributed by atoms with Gasteiger partial charge in [0.1, 0.15) is 5.75 Å². The highest BCUT2D eigenvalue weighted by Gasteiger charge is 2.23. The number of terminal acetylenes is 2. The minimum atomic E-state index is -0.419. The van der Waals surface area contributed by atoms with Gasteiger partial charge in [-0.15, -0.1) is 24.7 Å². The third-order valence-corrected chi connectivity index (χ3v) is 5.70. The number of rotatable bonds is 8. The van der Waals surface area contributed by atoms with Crippen molar-refractivity contribution in [3.8, 4) is 30.4 Å². The van der Waals surface area contributed by atoms with E-state index in [4.69, 9.17) is 33.9 Å². The number of methoxy groups -OCH3 is 1. The van der Waals surface area contributed by atoms with E-state index in [1.165, 1.54) is 0 Å². The highest BCUT2D eigenvalue weighted by atomic mass is 35.5. The zero-order valence-corrected chi connectivity index (χ0v) is 19.3. The Kier molecular flexibility index (Phi) is 7.83. The van der Waals surface area contributed by atoms with Gasteiger partial charge in [-0.05, 0) is 55.0 Å². The second-order valence-electron chi connectivity index (χ2n) is 7.64. The molecule has 0 aliphatic rings. The fourth-order valence-electron chi connectivity index (χ4n) is 3.73. The fourth-order valence-corrected chi connectivity index (χ4v) is 3.85. The molecule has 1 heterocycles. The maximum atomic E-state index is 13.3. The van der Waals surface area contributed by atoms with Crippen LogP contribution in [0.5, 0.6) is 5.75 Å². The van der Waals surface area contributed by atoms with E-state index >= 15 is 0 Å². The van der Waals surface area contributed by atoms with Gasteiger partial charge in [-0.3, -0.25) is 14.2 Å². The zero-order chi connectivity index (χ0) is 24.0. The molecule has 33 heavy (non-hydrogen) atoms. The molecule has 2 aromatic carbocycles. The summed E-state index contributed by atoms with van der Waals surface area (Å²) < 4.78 is 12.4. The highest BCUT2D eigenvalue weighted by Crippen LogP contribution is 2.31. The molecule has 3 aromatic rings. The van der Waals surface area contributed by atoms with Crippen LogP contribution in [0.3, 0.4) is 0 Å². The van der Waals surface area contributed by atoms with Crippen molar-refractivity contribution < 1.29 is 19.1 Å². The van der Waals surface area contributed by atoms with Gasteiger partial charge in [0.25, 0.3) is 5.91 Å². The fraction of sp³-hybridized carbons (Fsp3) is 0.259. The summed E-state index contributed by atoms with van der Waals surface area (Å²) in [4.78, 5) is 26.0. The van der Waals surface area contributed by atoms with Crippen molar-refractivity contribution >= 4 is 34.4 Å². The number of carbonyl (C=O) groups excluding carboxylic acids is 2. The SMILES string of the molecule is C#CCC(CC#C)COC(=O)Cc1c(C)n(C(=O)c2ccc(Cl)cc2)c2ccc(OC)cc12. The first-order chi connectivity index (χ1) is 15.9. The van der Waals surface area contributed by atoms with E-state index in [2.05, 4.69) is 11.8 Å². The number of ether oxygens (including phenoxy) is 2. The summed E-state index contributed by atoms with van der Waals surface area (Å²) in [6.45, 7) is 1.96. The van der Waals surface area contributed by atoms with Crippen LogP contribution in [0.1, 0.15) is 34.5 Å². The van der Waals surface area contributed by atoms with E-state index in [1.807, 2.05) is 13.0 Å². The molecule has 0 saturated carbocycles. The second-order valence-corrected chi connectivity index (χ2v) is 8.07. The zero-order valence-electron chi connectivity index (χ0n) is 18.6. The van der Waals surface area contributed by atoms with Gasteiger partial charge in [0, 0.05) is 40.4 Å². The predicted molar refractivity (Wildman–Crippen MR) is 129 cm³/mol. The van der Waals surface area contributed by atoms with Crippen LogP contribution in [0, 0.1) is 37.5 Å². The lowest BCUT2D eigenvalue weighted by atomic mass is 10.0. The van der Waals surface area contributed by atoms with E-state index in [0.717, 1.165) is 5.39 Å². The van der Waals surface area contributed by atoms with Gasteiger partial charge in [0.05, 0.1) is 25.7 Å². The summed E-state index contributed by atoms with van der Waals surface area (Å²) in [5.41, 5.74) is 2.50. The first-order valence-electron chi connectivity index (χ1n) is 10.4. The van der Waals surface area contributed by atoms with Gasteiger partial charge in [0.2, 0.25) is 0 Å². The van der Waals surface area contributed by atoms with Crippen molar-refractivity contribution in [3.63, 3.8) is 0 Å². The topological polar surface area (TPSA) is 57.5 Å². The number of aromatic nitrogens is 1. The lowest BCUT2D eigenvalue weighted by Gasteiger charge is -2.12. The first kappa shape index (κ1) is 24.0. The van der Waals surface area contributed by atoms with Gasteiger partial charge < -0.3 is 9.47 Å². The van der Waals surface area contributed by atoms with Gasteiger partial charge >= 0.3 is 5.97 Å². The number of carbonyl (C=O) groups is 2. The molecule has 6 heteroatoms. The van der Waals surface area contributed by atoms with E-state index in [9.17, 15) is 9.59 Å². The summed E-state index contributed by atoms with van der Waals surface area (Å²) in [6, 6.07) is 12.1. The third kappa shape index (κ3) is 5.40. The Hall–Kier alpha value is -3.67. The Bertz CT molecular complexity index is 1240. The molecule has 5 nitrogen and oxygen atoms in total. The van der Waals surface area contributed by atoms with Crippen LogP contribution < -0.4 is 4.74 Å². The van der Waals surface area contributed by atoms with E-state index in [0.29, 0.717) is 46.0 Å². The molecule has 0 radical (unpaired) electrons. The van der Waals surface area contributed by atoms with E-state index in [1.54, 1.807) is 48.1 Å². The van der Waals surface area contributed by atoms with Gasteiger partial charge in [-0.25, -0.2) is 0 Å². The molecule has 0 aliphatic heterocycles. The minimum Gasteiger partial charge on any atom is -0.497 e. The molecule has 0 fully saturated rings. The molecule has 0 spiro atoms. The van der Waals surface area contributed by atoms with Crippen molar-refractivity contribution in [1.82, 2.24) is 4.57 Å². The van der Waals surface area contributed by atoms with Crippen LogP contribution in [0.2, 0.25) is 5.02 Å². The molecule has 0 N–H and O–H groups in total. The standard InChI is InChI=1S/C27H24ClNO4/c1-5-7-19(8-6-2)17-33-26(30)16-23-18(3)29(25-14-13-22(32-4)15-24(23)25)27(31)20-9-11-21(28)12-10-20/h1-2,9-15,19H,7-8,16-17H2,3-4H3. The monoisotopic (exact) mass is 461 g/mol. The average molecular weight is 462 g/mol. The Morgan fingerprint density at radius 2 is 1.76 bits per heavy atom. The van der Waals surface area contributed by atoms with Crippen LogP contribution in [-0.4, -0.2) is 30.2 Å². The summed E-state index contributed by atoms with van der Waals surface area (Å²) in [5, 5.41) is 1.29. The van der Waals surface area contributed by atoms with Crippen molar-refractivity contribution in [2.75, 3.05) is 13.7 Å². The number of benzene rings is 2. The predicted octanol–water partition coefficient (Wildman–Crippen LogP) is 5.05. The summed E-state index contributed by atoms with van der Waals surface area (Å²) in [5.74, 6) is 5.01. The molecule has 0 unspecified atom stereocenters. The highest BCUT2D eigenvalue weighted by molar-refractivity contribution is 6.30. The van der Waals surface area contributed by atoms with Crippen LogP contribution in [-0.2, 0) is 16.0 Å². The Morgan fingerprint density at radius 3 is 2.36 bits per heavy atom. The summed E-state index contributed by atoms with van der Waals surface area (Å²) in [7, 11) is 1.56. The average Bonchev–Trinajstić information content (AvgIpc) is 3.08. The largest absolute Gasteiger partial charge is 0.497 e. The second kappa shape index (κ2) is 10.8. The molecule has 3 rings (SSSR count). The molecule has 1 aromatic heterocycles. The Labute approximate surface area is 198 Å². The number of hydrogen-bond donors (Lipinski definition) is 0. The molecular formula is C27H24ClNO4. The Morgan fingerprint density at radius 1 is 1.09 bits per heavy atom. The van der Waals surface area contributed by atoms with Crippen molar-refractivity contribution in [3.05, 3.63) is 64.3 Å². The van der Waals surface area contributed by atoms with E-state index in [-0.39, 0.29) is 24.9 Å². The van der Waals surface area contributed by atoms with Crippen molar-refractivity contribution in [2.24, 2.45) is 5.92 Å². The molecule has 0 atom stereocenters. The smallest absolute Gasteiger partial charge is 0.310 e. The molecule has 168 valence electrons. The molecule has 0 amide bonds. The van der Waals surface area contributed by atoms with Gasteiger partial charge in [-0.2, -0.15) is 0 Å². The molecule has 0 aliphatic carbocycles. The van der Waals surface area contributed by atoms with Crippen LogP contribution >= 0.6 is 11.6 Å². The Balaban J connectivity index is 1.96. The van der Waals surface area contributed by atoms with Gasteiger partial charge in [-0.1, -0.05) is 11.6 Å². The summed E-state index contributed by atoms with van der Waals surface area (Å²) in [6.07, 6.45) is 11.6. The van der Waals surface area contributed by atoms with E-state index < -0.39 is 5.97 Å².